The van der Waals surface area contributed by atoms with E-state index in [4.69, 9.17) is 4.74 Å². The van der Waals surface area contributed by atoms with Crippen LogP contribution in [-0.2, 0) is 6.42 Å². The van der Waals surface area contributed by atoms with Crippen LogP contribution in [0.2, 0.25) is 0 Å². The van der Waals surface area contributed by atoms with Gasteiger partial charge in [-0.25, -0.2) is 26.7 Å². The first kappa shape index (κ1) is 24.4. The van der Waals surface area contributed by atoms with Gasteiger partial charge in [-0.1, -0.05) is 19.1 Å². The summed E-state index contributed by atoms with van der Waals surface area (Å²) in [5, 5.41) is 6.35. The molecule has 35 heavy (non-hydrogen) atoms. The molecule has 4 rings (SSSR count). The van der Waals surface area contributed by atoms with Gasteiger partial charge in [-0.15, -0.1) is 5.10 Å². The Hall–Kier alpha value is -3.70. The van der Waals surface area contributed by atoms with Gasteiger partial charge in [0.25, 0.3) is 12.3 Å². The van der Waals surface area contributed by atoms with Gasteiger partial charge in [0.05, 0.1) is 11.3 Å². The molecule has 186 valence electrons. The third kappa shape index (κ3) is 4.91. The summed E-state index contributed by atoms with van der Waals surface area (Å²) in [7, 11) is 0. The molecule has 1 heterocycles. The lowest BCUT2D eigenvalue weighted by Crippen LogP contribution is -2.29. The van der Waals surface area contributed by atoms with E-state index in [9.17, 15) is 27.2 Å². The first-order valence-electron chi connectivity index (χ1n) is 10.9. The summed E-state index contributed by atoms with van der Waals surface area (Å²) in [6.07, 6.45) is -3.63. The van der Waals surface area contributed by atoms with Crippen molar-refractivity contribution in [1.82, 2.24) is 14.3 Å². The minimum Gasteiger partial charge on any atom is -0.481 e. The SMILES string of the molecule is CCc1nn(-c2cc(O[C@@H](CF)C(F)F)c(C(=O)Nc3ccccc3F)cc2F)c(=O)n1C1CC1. The van der Waals surface area contributed by atoms with Gasteiger partial charge in [-0.3, -0.25) is 9.36 Å². The number of anilines is 1. The molecule has 12 heteroatoms. The van der Waals surface area contributed by atoms with Crippen molar-refractivity contribution in [1.29, 1.82) is 0 Å². The number of amides is 1. The number of carbonyl (C=O) groups is 1. The number of ether oxygens (including phenoxy) is 1. The second-order valence-electron chi connectivity index (χ2n) is 7.94. The molecule has 2 aromatic carbocycles. The molecule has 0 aliphatic heterocycles. The lowest BCUT2D eigenvalue weighted by Gasteiger charge is -2.19. The summed E-state index contributed by atoms with van der Waals surface area (Å²) in [5.41, 5.74) is -1.96. The molecular weight excluding hydrogens is 475 g/mol. The molecule has 1 aliphatic rings. The average Bonchev–Trinajstić information content (AvgIpc) is 3.61. The first-order valence-corrected chi connectivity index (χ1v) is 10.9. The molecule has 0 radical (unpaired) electrons. The van der Waals surface area contributed by atoms with Gasteiger partial charge in [0.1, 0.15) is 35.6 Å². The van der Waals surface area contributed by atoms with E-state index in [1.165, 1.54) is 22.8 Å². The molecule has 1 aliphatic carbocycles. The average molecular weight is 496 g/mol. The zero-order chi connectivity index (χ0) is 25.3. The van der Waals surface area contributed by atoms with Crippen LogP contribution in [0.15, 0.2) is 41.2 Å². The van der Waals surface area contributed by atoms with E-state index in [0.29, 0.717) is 18.3 Å². The van der Waals surface area contributed by atoms with Crippen molar-refractivity contribution in [3.05, 3.63) is 69.9 Å². The van der Waals surface area contributed by atoms with E-state index in [1.54, 1.807) is 6.92 Å². The standard InChI is InChI=1S/C23H21F5N4O3/c1-2-20-30-32(23(34)31(20)12-7-8-12)17-10-18(35-19(11-24)21(27)28)13(9-15(17)26)22(33)29-16-6-4-3-5-14(16)25/h3-6,9-10,12,19,21H,2,7-8,11H2,1H3,(H,29,33)/t19-/m0/s1. The molecule has 0 saturated heterocycles. The van der Waals surface area contributed by atoms with E-state index in [-0.39, 0.29) is 11.7 Å². The summed E-state index contributed by atoms with van der Waals surface area (Å²) >= 11 is 0. The summed E-state index contributed by atoms with van der Waals surface area (Å²) in [6.45, 7) is 0.162. The van der Waals surface area contributed by atoms with Gasteiger partial charge in [0.2, 0.25) is 0 Å². The third-order valence-corrected chi connectivity index (χ3v) is 5.46. The number of carbonyl (C=O) groups excluding carboxylic acids is 1. The van der Waals surface area contributed by atoms with E-state index in [1.807, 2.05) is 0 Å². The molecule has 1 atom stereocenters. The van der Waals surface area contributed by atoms with Gasteiger partial charge >= 0.3 is 5.69 Å². The summed E-state index contributed by atoms with van der Waals surface area (Å²) in [4.78, 5) is 25.7. The quantitative estimate of drug-likeness (QED) is 0.445. The molecule has 1 N–H and O–H groups in total. The molecule has 0 unspecified atom stereocenters. The van der Waals surface area contributed by atoms with Crippen LogP contribution in [0.25, 0.3) is 5.69 Å². The van der Waals surface area contributed by atoms with Crippen LogP contribution in [0.4, 0.5) is 27.6 Å². The fourth-order valence-electron chi connectivity index (χ4n) is 3.56. The molecule has 3 aromatic rings. The molecule has 1 fully saturated rings. The topological polar surface area (TPSA) is 78.2 Å². The highest BCUT2D eigenvalue weighted by Crippen LogP contribution is 2.35. The van der Waals surface area contributed by atoms with Crippen LogP contribution in [-0.4, -0.2) is 39.5 Å². The van der Waals surface area contributed by atoms with Gasteiger partial charge in [-0.2, -0.15) is 4.68 Å². The number of hydrogen-bond acceptors (Lipinski definition) is 4. The predicted molar refractivity (Wildman–Crippen MR) is 116 cm³/mol. The highest BCUT2D eigenvalue weighted by Gasteiger charge is 2.31. The van der Waals surface area contributed by atoms with Gasteiger partial charge in [0.15, 0.2) is 6.10 Å². The lowest BCUT2D eigenvalue weighted by molar-refractivity contribution is -0.00158. The second-order valence-corrected chi connectivity index (χ2v) is 7.94. The number of aromatic nitrogens is 3. The number of hydrogen-bond donors (Lipinski definition) is 1. The number of benzene rings is 2. The molecule has 0 bridgehead atoms. The number of para-hydroxylation sites is 1. The summed E-state index contributed by atoms with van der Waals surface area (Å²) < 4.78 is 76.0. The Morgan fingerprint density at radius 1 is 1.20 bits per heavy atom. The maximum atomic E-state index is 15.2. The van der Waals surface area contributed by atoms with Gasteiger partial charge in [0, 0.05) is 18.5 Å². The molecule has 1 amide bonds. The Bertz CT molecular complexity index is 1300. The fraction of sp³-hybridized carbons (Fsp3) is 0.348. The maximum absolute atomic E-state index is 15.2. The Labute approximate surface area is 196 Å². The zero-order valence-electron chi connectivity index (χ0n) is 18.5. The van der Waals surface area contributed by atoms with Crippen molar-refractivity contribution < 1.29 is 31.5 Å². The minimum absolute atomic E-state index is 0.0643. The summed E-state index contributed by atoms with van der Waals surface area (Å²) in [6, 6.07) is 6.54. The van der Waals surface area contributed by atoms with E-state index >= 15 is 4.39 Å². The first-order chi connectivity index (χ1) is 16.7. The van der Waals surface area contributed by atoms with Crippen molar-refractivity contribution in [2.24, 2.45) is 0 Å². The fourth-order valence-corrected chi connectivity index (χ4v) is 3.56. The zero-order valence-corrected chi connectivity index (χ0v) is 18.5. The predicted octanol–water partition coefficient (Wildman–Crippen LogP) is 4.44. The number of nitrogens with one attached hydrogen (secondary N) is 1. The molecular formula is C23H21F5N4O3. The van der Waals surface area contributed by atoms with Crippen molar-refractivity contribution >= 4 is 11.6 Å². The van der Waals surface area contributed by atoms with Crippen LogP contribution in [0.1, 0.15) is 42.0 Å². The molecule has 1 aromatic heterocycles. The molecule has 0 spiro atoms. The van der Waals surface area contributed by atoms with Crippen LogP contribution >= 0.6 is 0 Å². The Balaban J connectivity index is 1.81. The van der Waals surface area contributed by atoms with Crippen molar-refractivity contribution in [2.75, 3.05) is 12.0 Å². The highest BCUT2D eigenvalue weighted by molar-refractivity contribution is 6.06. The number of aryl methyl sites for hydroxylation is 1. The number of halogens is 5. The van der Waals surface area contributed by atoms with Crippen LogP contribution in [0.5, 0.6) is 5.75 Å². The number of nitrogens with zero attached hydrogens (tertiary/aromatic N) is 3. The van der Waals surface area contributed by atoms with E-state index in [2.05, 4.69) is 10.4 Å². The molecule has 7 nitrogen and oxygen atoms in total. The molecule has 1 saturated carbocycles. The highest BCUT2D eigenvalue weighted by atomic mass is 19.3. The summed E-state index contributed by atoms with van der Waals surface area (Å²) in [5.74, 6) is -3.19. The van der Waals surface area contributed by atoms with Crippen molar-refractivity contribution in [3.8, 4) is 11.4 Å². The van der Waals surface area contributed by atoms with E-state index in [0.717, 1.165) is 29.7 Å². The number of rotatable bonds is 9. The van der Waals surface area contributed by atoms with Crippen LogP contribution in [0.3, 0.4) is 0 Å². The lowest BCUT2D eigenvalue weighted by atomic mass is 10.1. The van der Waals surface area contributed by atoms with Crippen LogP contribution < -0.4 is 15.7 Å². The smallest absolute Gasteiger partial charge is 0.351 e. The number of alkyl halides is 3. The van der Waals surface area contributed by atoms with E-state index < -0.39 is 59.4 Å². The Kier molecular flexibility index (Phi) is 6.90. The van der Waals surface area contributed by atoms with Gasteiger partial charge < -0.3 is 10.1 Å². The van der Waals surface area contributed by atoms with Gasteiger partial charge in [-0.05, 0) is 31.0 Å². The normalized spacial score (nSPS) is 14.3. The minimum atomic E-state index is -3.26. The van der Waals surface area contributed by atoms with Crippen molar-refractivity contribution in [3.63, 3.8) is 0 Å². The van der Waals surface area contributed by atoms with Crippen molar-refractivity contribution in [2.45, 2.75) is 44.8 Å². The third-order valence-electron chi connectivity index (χ3n) is 5.46. The van der Waals surface area contributed by atoms with Crippen LogP contribution in [0, 0.1) is 11.6 Å². The maximum Gasteiger partial charge on any atom is 0.351 e. The largest absolute Gasteiger partial charge is 0.481 e. The Morgan fingerprint density at radius 2 is 1.91 bits per heavy atom. The second kappa shape index (κ2) is 9.88. The monoisotopic (exact) mass is 496 g/mol. The Morgan fingerprint density at radius 3 is 2.51 bits per heavy atom.